The number of anilines is 2. The summed E-state index contributed by atoms with van der Waals surface area (Å²) in [5.74, 6) is -0.812. The molecule has 0 bridgehead atoms. The van der Waals surface area contributed by atoms with Crippen LogP contribution in [0.3, 0.4) is 0 Å². The molecule has 2 heterocycles. The Morgan fingerprint density at radius 1 is 1.09 bits per heavy atom. The van der Waals surface area contributed by atoms with Crippen LogP contribution in [-0.4, -0.2) is 46.9 Å². The number of amides is 1. The molecule has 10 heteroatoms. The van der Waals surface area contributed by atoms with Crippen molar-refractivity contribution in [2.24, 2.45) is 0 Å². The third kappa shape index (κ3) is 5.44. The highest BCUT2D eigenvalue weighted by Gasteiger charge is 2.31. The van der Waals surface area contributed by atoms with E-state index in [9.17, 15) is 32.6 Å². The minimum absolute atomic E-state index is 0.0865. The van der Waals surface area contributed by atoms with Crippen LogP contribution in [-0.2, 0) is 19.0 Å². The topological polar surface area (TPSA) is 85.7 Å². The van der Waals surface area contributed by atoms with Crippen molar-refractivity contribution in [1.29, 1.82) is 0 Å². The smallest absolute Gasteiger partial charge is 0.394 e. The van der Waals surface area contributed by atoms with Gasteiger partial charge >= 0.3 is 6.18 Å². The van der Waals surface area contributed by atoms with Crippen LogP contribution in [0.1, 0.15) is 32.6 Å². The molecule has 0 saturated carbocycles. The number of aliphatic hydroxyl groups is 2. The highest BCUT2D eigenvalue weighted by atomic mass is 19.4. The van der Waals surface area contributed by atoms with Crippen molar-refractivity contribution in [3.05, 3.63) is 88.4 Å². The molecule has 0 saturated heterocycles. The molecule has 1 aromatic heterocycles. The maximum absolute atomic E-state index is 13.8. The number of halogens is 4. The van der Waals surface area contributed by atoms with Gasteiger partial charge in [-0.05, 0) is 72.0 Å². The van der Waals surface area contributed by atoms with Crippen LogP contribution in [0.4, 0.5) is 29.1 Å². The number of hydrogen-bond acceptors (Lipinski definition) is 5. The molecular formula is C25H23F4N3O3. The number of nitrogens with zero attached hydrogens (tertiary/aromatic N) is 2. The first kappa shape index (κ1) is 24.6. The van der Waals surface area contributed by atoms with Gasteiger partial charge in [-0.2, -0.15) is 13.2 Å². The van der Waals surface area contributed by atoms with Gasteiger partial charge in [0.1, 0.15) is 11.6 Å². The summed E-state index contributed by atoms with van der Waals surface area (Å²) < 4.78 is 53.0. The van der Waals surface area contributed by atoms with Crippen LogP contribution in [0.25, 0.3) is 0 Å². The summed E-state index contributed by atoms with van der Waals surface area (Å²) >= 11 is 0. The molecule has 0 radical (unpaired) electrons. The van der Waals surface area contributed by atoms with Crippen molar-refractivity contribution in [3.8, 4) is 0 Å². The van der Waals surface area contributed by atoms with Crippen molar-refractivity contribution in [2.45, 2.75) is 25.1 Å². The second-order valence-electron chi connectivity index (χ2n) is 8.29. The van der Waals surface area contributed by atoms with Crippen molar-refractivity contribution in [1.82, 2.24) is 10.3 Å². The summed E-state index contributed by atoms with van der Waals surface area (Å²) in [4.78, 5) is 19.0. The zero-order valence-corrected chi connectivity index (χ0v) is 18.5. The molecule has 6 nitrogen and oxygen atoms in total. The van der Waals surface area contributed by atoms with Crippen molar-refractivity contribution in [3.63, 3.8) is 0 Å². The minimum atomic E-state index is -4.64. The molecule has 2 aromatic carbocycles. The van der Waals surface area contributed by atoms with Gasteiger partial charge in [0.05, 0.1) is 24.8 Å². The fourth-order valence-electron chi connectivity index (χ4n) is 4.17. The van der Waals surface area contributed by atoms with E-state index < -0.39 is 42.7 Å². The molecular weight excluding hydrogens is 466 g/mol. The monoisotopic (exact) mass is 489 g/mol. The van der Waals surface area contributed by atoms with Crippen LogP contribution in [0, 0.1) is 5.82 Å². The number of rotatable bonds is 7. The Morgan fingerprint density at radius 2 is 1.86 bits per heavy atom. The fraction of sp³-hybridized carbons (Fsp3) is 0.280. The number of aromatic nitrogens is 1. The molecule has 35 heavy (non-hydrogen) atoms. The fourth-order valence-corrected chi connectivity index (χ4v) is 4.17. The van der Waals surface area contributed by atoms with E-state index in [0.29, 0.717) is 36.0 Å². The summed E-state index contributed by atoms with van der Waals surface area (Å²) in [6.45, 7) is -0.260. The first-order valence-corrected chi connectivity index (χ1v) is 10.9. The number of nitrogens with one attached hydrogen (secondary N) is 1. The maximum atomic E-state index is 13.8. The third-order valence-corrected chi connectivity index (χ3v) is 5.83. The number of aliphatic hydroxyl groups excluding tert-OH is 2. The normalized spacial score (nSPS) is 13.3. The predicted molar refractivity (Wildman–Crippen MR) is 121 cm³/mol. The molecule has 1 amide bonds. The Kier molecular flexibility index (Phi) is 7.04. The van der Waals surface area contributed by atoms with Gasteiger partial charge in [0.25, 0.3) is 5.91 Å². The Hall–Kier alpha value is -3.50. The molecule has 184 valence electrons. The Bertz CT molecular complexity index is 1230. The highest BCUT2D eigenvalue weighted by Crippen LogP contribution is 2.36. The average Bonchev–Trinajstić information content (AvgIpc) is 3.26. The van der Waals surface area contributed by atoms with Crippen LogP contribution >= 0.6 is 0 Å². The highest BCUT2D eigenvalue weighted by molar-refractivity contribution is 5.98. The molecule has 0 aliphatic carbocycles. The SMILES string of the molecule is O=C(NC(CO)CO)c1cccc2c1CCN2c1cc(Cc2cc(F)cc(C(F)(F)F)c2)ccn1. The van der Waals surface area contributed by atoms with E-state index in [0.717, 1.165) is 23.4 Å². The van der Waals surface area contributed by atoms with E-state index >= 15 is 0 Å². The van der Waals surface area contributed by atoms with Gasteiger partial charge in [0, 0.05) is 24.0 Å². The second kappa shape index (κ2) is 10.0. The van der Waals surface area contributed by atoms with Crippen LogP contribution in [0.2, 0.25) is 0 Å². The summed E-state index contributed by atoms with van der Waals surface area (Å²) in [5.41, 5.74) is 1.78. The number of carbonyl (C=O) groups excluding carboxylic acids is 1. The molecule has 3 N–H and O–H groups in total. The molecule has 0 atom stereocenters. The summed E-state index contributed by atoms with van der Waals surface area (Å²) in [6, 6.07) is 10.3. The number of hydrogen-bond donors (Lipinski definition) is 3. The van der Waals surface area contributed by atoms with Crippen LogP contribution < -0.4 is 10.2 Å². The third-order valence-electron chi connectivity index (χ3n) is 5.83. The maximum Gasteiger partial charge on any atom is 0.416 e. The van der Waals surface area contributed by atoms with Gasteiger partial charge in [-0.25, -0.2) is 9.37 Å². The van der Waals surface area contributed by atoms with Crippen LogP contribution in [0.15, 0.2) is 54.7 Å². The zero-order chi connectivity index (χ0) is 25.2. The van der Waals surface area contributed by atoms with E-state index in [1.165, 1.54) is 6.20 Å². The van der Waals surface area contributed by atoms with Gasteiger partial charge < -0.3 is 20.4 Å². The van der Waals surface area contributed by atoms with Crippen molar-refractivity contribution in [2.75, 3.05) is 24.7 Å². The second-order valence-corrected chi connectivity index (χ2v) is 8.29. The lowest BCUT2D eigenvalue weighted by Crippen LogP contribution is -2.40. The van der Waals surface area contributed by atoms with Gasteiger partial charge in [-0.3, -0.25) is 4.79 Å². The van der Waals surface area contributed by atoms with Crippen molar-refractivity contribution >= 4 is 17.4 Å². The standard InChI is InChI=1S/C25H23F4N3O3/c26-18-10-16(9-17(12-18)25(27,28)29)8-15-4-6-30-23(11-15)32-7-5-20-21(2-1-3-22(20)32)24(35)31-19(13-33)14-34/h1-4,6,9-12,19,33-34H,5,7-8,13-14H2,(H,31,35). The van der Waals surface area contributed by atoms with E-state index in [1.807, 2.05) is 11.0 Å². The number of pyridine rings is 1. The summed E-state index contributed by atoms with van der Waals surface area (Å²) in [6.07, 6.45) is -2.47. The first-order valence-electron chi connectivity index (χ1n) is 10.9. The number of carbonyl (C=O) groups is 1. The lowest BCUT2D eigenvalue weighted by atomic mass is 10.0. The molecule has 1 aliphatic heterocycles. The molecule has 3 aromatic rings. The lowest BCUT2D eigenvalue weighted by molar-refractivity contribution is -0.137. The van der Waals surface area contributed by atoms with Crippen LogP contribution in [0.5, 0.6) is 0 Å². The molecule has 0 unspecified atom stereocenters. The van der Waals surface area contributed by atoms with Crippen molar-refractivity contribution < 1.29 is 32.6 Å². The average molecular weight is 489 g/mol. The molecule has 4 rings (SSSR count). The Balaban J connectivity index is 1.59. The van der Waals surface area contributed by atoms with Gasteiger partial charge in [-0.15, -0.1) is 0 Å². The molecule has 0 fully saturated rings. The van der Waals surface area contributed by atoms with Gasteiger partial charge in [0.15, 0.2) is 0 Å². The first-order chi connectivity index (χ1) is 16.7. The molecule has 0 spiro atoms. The van der Waals surface area contributed by atoms with E-state index in [2.05, 4.69) is 10.3 Å². The Labute approximate surface area is 198 Å². The predicted octanol–water partition coefficient (Wildman–Crippen LogP) is 3.61. The van der Waals surface area contributed by atoms with E-state index in [-0.39, 0.29) is 12.0 Å². The lowest BCUT2D eigenvalue weighted by Gasteiger charge is -2.20. The largest absolute Gasteiger partial charge is 0.416 e. The molecule has 1 aliphatic rings. The quantitative estimate of drug-likeness (QED) is 0.442. The number of benzene rings is 2. The number of fused-ring (bicyclic) bond motifs is 1. The summed E-state index contributed by atoms with van der Waals surface area (Å²) in [7, 11) is 0. The van der Waals surface area contributed by atoms with Gasteiger partial charge in [-0.1, -0.05) is 6.07 Å². The van der Waals surface area contributed by atoms with Gasteiger partial charge in [0.2, 0.25) is 0 Å². The number of alkyl halides is 3. The summed E-state index contributed by atoms with van der Waals surface area (Å²) in [5, 5.41) is 21.1. The minimum Gasteiger partial charge on any atom is -0.394 e. The zero-order valence-electron chi connectivity index (χ0n) is 18.5. The Morgan fingerprint density at radius 3 is 2.57 bits per heavy atom. The van der Waals surface area contributed by atoms with E-state index in [4.69, 9.17) is 0 Å². The van der Waals surface area contributed by atoms with E-state index in [1.54, 1.807) is 24.3 Å².